The van der Waals surface area contributed by atoms with Gasteiger partial charge in [-0.2, -0.15) is 0 Å². The smallest absolute Gasteiger partial charge is 0.120 e. The van der Waals surface area contributed by atoms with Crippen LogP contribution in [0.15, 0.2) is 24.3 Å². The van der Waals surface area contributed by atoms with Gasteiger partial charge in [-0.3, -0.25) is 0 Å². The summed E-state index contributed by atoms with van der Waals surface area (Å²) < 4.78 is 5.17. The molecule has 0 unspecified atom stereocenters. The van der Waals surface area contributed by atoms with Gasteiger partial charge in [-0.1, -0.05) is 6.07 Å². The van der Waals surface area contributed by atoms with Crippen molar-refractivity contribution in [2.24, 2.45) is 0 Å². The fourth-order valence-electron chi connectivity index (χ4n) is 1.42. The van der Waals surface area contributed by atoms with E-state index < -0.39 is 5.60 Å². The van der Waals surface area contributed by atoms with E-state index in [0.29, 0.717) is 0 Å². The quantitative estimate of drug-likeness (QED) is 0.831. The lowest BCUT2D eigenvalue weighted by molar-refractivity contribution is 0.0734. The third-order valence-corrected chi connectivity index (χ3v) is 2.55. The Kier molecular flexibility index (Phi) is 4.19. The molecule has 0 saturated carbocycles. The molecule has 0 fully saturated rings. The zero-order chi connectivity index (χ0) is 12.2. The molecule has 0 aromatic heterocycles. The van der Waals surface area contributed by atoms with Gasteiger partial charge in [0.25, 0.3) is 0 Å². The first kappa shape index (κ1) is 12.8. The number of benzene rings is 1. The zero-order valence-electron chi connectivity index (χ0n) is 10.5. The molecule has 0 spiro atoms. The fourth-order valence-corrected chi connectivity index (χ4v) is 1.42. The number of methoxy groups -OCH3 is 1. The summed E-state index contributed by atoms with van der Waals surface area (Å²) in [6.07, 6.45) is 0.737. The first-order valence-electron chi connectivity index (χ1n) is 5.50. The van der Waals surface area contributed by atoms with Crippen molar-refractivity contribution in [2.75, 3.05) is 25.6 Å². The minimum Gasteiger partial charge on any atom is -0.497 e. The van der Waals surface area contributed by atoms with Gasteiger partial charge in [0.1, 0.15) is 5.75 Å². The Labute approximate surface area is 97.7 Å². The normalized spacial score (nSPS) is 11.3. The molecule has 3 heteroatoms. The molecule has 0 bridgehead atoms. The monoisotopic (exact) mass is 223 g/mol. The molecule has 16 heavy (non-hydrogen) atoms. The lowest BCUT2D eigenvalue weighted by Gasteiger charge is -2.24. The molecule has 0 amide bonds. The predicted octanol–water partition coefficient (Wildman–Crippen LogP) is 2.29. The molecule has 1 aromatic carbocycles. The van der Waals surface area contributed by atoms with Crippen LogP contribution in [0.5, 0.6) is 5.75 Å². The van der Waals surface area contributed by atoms with Crippen molar-refractivity contribution in [1.29, 1.82) is 0 Å². The van der Waals surface area contributed by atoms with Crippen LogP contribution >= 0.6 is 0 Å². The van der Waals surface area contributed by atoms with E-state index in [1.54, 1.807) is 7.11 Å². The molecule has 1 N–H and O–H groups in total. The Balaban J connectivity index is 2.62. The fraction of sp³-hybridized carbons (Fsp3) is 0.538. The van der Waals surface area contributed by atoms with E-state index in [1.165, 1.54) is 0 Å². The van der Waals surface area contributed by atoms with Crippen molar-refractivity contribution in [3.05, 3.63) is 24.3 Å². The van der Waals surface area contributed by atoms with Crippen molar-refractivity contribution in [2.45, 2.75) is 25.9 Å². The van der Waals surface area contributed by atoms with Crippen LogP contribution in [-0.2, 0) is 0 Å². The minimum atomic E-state index is -0.618. The molecule has 1 rings (SSSR count). The van der Waals surface area contributed by atoms with Gasteiger partial charge in [-0.15, -0.1) is 0 Å². The van der Waals surface area contributed by atoms with E-state index in [4.69, 9.17) is 4.74 Å². The summed E-state index contributed by atoms with van der Waals surface area (Å²) in [5.74, 6) is 0.854. The van der Waals surface area contributed by atoms with Crippen LogP contribution in [0.3, 0.4) is 0 Å². The van der Waals surface area contributed by atoms with Crippen LogP contribution in [0.2, 0.25) is 0 Å². The van der Waals surface area contributed by atoms with Gasteiger partial charge in [0.2, 0.25) is 0 Å². The number of aliphatic hydroxyl groups is 1. The summed E-state index contributed by atoms with van der Waals surface area (Å²) in [7, 11) is 3.68. The second kappa shape index (κ2) is 5.21. The second-order valence-electron chi connectivity index (χ2n) is 4.69. The van der Waals surface area contributed by atoms with Gasteiger partial charge in [0.05, 0.1) is 12.7 Å². The highest BCUT2D eigenvalue weighted by molar-refractivity contribution is 5.50. The Morgan fingerprint density at radius 3 is 2.62 bits per heavy atom. The van der Waals surface area contributed by atoms with Crippen LogP contribution in [0.25, 0.3) is 0 Å². The SMILES string of the molecule is COc1cccc(N(C)CCC(C)(C)O)c1. The van der Waals surface area contributed by atoms with Gasteiger partial charge in [-0.05, 0) is 32.4 Å². The molecule has 0 aliphatic carbocycles. The molecule has 0 atom stereocenters. The van der Waals surface area contributed by atoms with Gasteiger partial charge in [0, 0.05) is 25.3 Å². The van der Waals surface area contributed by atoms with Gasteiger partial charge in [0.15, 0.2) is 0 Å². The van der Waals surface area contributed by atoms with E-state index >= 15 is 0 Å². The topological polar surface area (TPSA) is 32.7 Å². The Bertz CT molecular complexity index is 331. The second-order valence-corrected chi connectivity index (χ2v) is 4.69. The predicted molar refractivity (Wildman–Crippen MR) is 67.2 cm³/mol. The molecule has 1 aromatic rings. The third-order valence-electron chi connectivity index (χ3n) is 2.55. The van der Waals surface area contributed by atoms with Crippen molar-refractivity contribution in [3.8, 4) is 5.75 Å². The summed E-state index contributed by atoms with van der Waals surface area (Å²) in [5.41, 5.74) is 0.483. The zero-order valence-corrected chi connectivity index (χ0v) is 10.5. The summed E-state index contributed by atoms with van der Waals surface area (Å²) in [5, 5.41) is 9.66. The Hall–Kier alpha value is -1.22. The lowest BCUT2D eigenvalue weighted by Crippen LogP contribution is -2.28. The highest BCUT2D eigenvalue weighted by atomic mass is 16.5. The summed E-state index contributed by atoms with van der Waals surface area (Å²) in [6, 6.07) is 7.92. The van der Waals surface area contributed by atoms with Gasteiger partial charge >= 0.3 is 0 Å². The molecule has 0 heterocycles. The molecular weight excluding hydrogens is 202 g/mol. The summed E-state index contributed by atoms with van der Waals surface area (Å²) >= 11 is 0. The van der Waals surface area contributed by atoms with E-state index in [2.05, 4.69) is 4.90 Å². The van der Waals surface area contributed by atoms with Crippen LogP contribution in [0.1, 0.15) is 20.3 Å². The van der Waals surface area contributed by atoms with Crippen molar-refractivity contribution in [1.82, 2.24) is 0 Å². The maximum absolute atomic E-state index is 9.66. The van der Waals surface area contributed by atoms with Crippen LogP contribution in [-0.4, -0.2) is 31.4 Å². The molecule has 0 radical (unpaired) electrons. The minimum absolute atomic E-state index is 0.618. The molecule has 0 aliphatic rings. The molecular formula is C13H21NO2. The maximum Gasteiger partial charge on any atom is 0.120 e. The van der Waals surface area contributed by atoms with E-state index in [0.717, 1.165) is 24.4 Å². The van der Waals surface area contributed by atoms with Crippen LogP contribution in [0.4, 0.5) is 5.69 Å². The third kappa shape index (κ3) is 4.11. The molecule has 90 valence electrons. The lowest BCUT2D eigenvalue weighted by atomic mass is 10.1. The Morgan fingerprint density at radius 1 is 1.38 bits per heavy atom. The number of ether oxygens (including phenoxy) is 1. The summed E-state index contributed by atoms with van der Waals surface area (Å²) in [6.45, 7) is 4.47. The number of anilines is 1. The highest BCUT2D eigenvalue weighted by Gasteiger charge is 2.13. The van der Waals surface area contributed by atoms with Crippen LogP contribution < -0.4 is 9.64 Å². The van der Waals surface area contributed by atoms with E-state index in [9.17, 15) is 5.11 Å². The number of hydrogen-bond donors (Lipinski definition) is 1. The van der Waals surface area contributed by atoms with Crippen molar-refractivity contribution in [3.63, 3.8) is 0 Å². The Morgan fingerprint density at radius 2 is 2.06 bits per heavy atom. The number of hydrogen-bond acceptors (Lipinski definition) is 3. The van der Waals surface area contributed by atoms with E-state index in [1.807, 2.05) is 45.2 Å². The van der Waals surface area contributed by atoms with Gasteiger partial charge < -0.3 is 14.7 Å². The van der Waals surface area contributed by atoms with Crippen molar-refractivity contribution < 1.29 is 9.84 Å². The number of nitrogens with zero attached hydrogens (tertiary/aromatic N) is 1. The summed E-state index contributed by atoms with van der Waals surface area (Å²) in [4.78, 5) is 2.11. The molecule has 0 saturated heterocycles. The first-order chi connectivity index (χ1) is 7.42. The standard InChI is InChI=1S/C13H21NO2/c1-13(2,15)8-9-14(3)11-6-5-7-12(10-11)16-4/h5-7,10,15H,8-9H2,1-4H3. The van der Waals surface area contributed by atoms with Crippen molar-refractivity contribution >= 4 is 5.69 Å². The average molecular weight is 223 g/mol. The van der Waals surface area contributed by atoms with Gasteiger partial charge in [-0.25, -0.2) is 0 Å². The highest BCUT2D eigenvalue weighted by Crippen LogP contribution is 2.20. The number of rotatable bonds is 5. The van der Waals surface area contributed by atoms with E-state index in [-0.39, 0.29) is 0 Å². The average Bonchev–Trinajstić information content (AvgIpc) is 2.25. The molecule has 0 aliphatic heterocycles. The van der Waals surface area contributed by atoms with Crippen LogP contribution in [0, 0.1) is 0 Å². The largest absolute Gasteiger partial charge is 0.497 e. The first-order valence-corrected chi connectivity index (χ1v) is 5.50. The maximum atomic E-state index is 9.66. The molecule has 3 nitrogen and oxygen atoms in total.